The van der Waals surface area contributed by atoms with E-state index in [1.807, 2.05) is 24.3 Å². The number of likely N-dealkylation sites (N-methyl/N-ethyl adjacent to an activating group) is 1. The number of anilines is 1. The lowest BCUT2D eigenvalue weighted by Crippen LogP contribution is -2.23. The first-order valence-corrected chi connectivity index (χ1v) is 7.24. The summed E-state index contributed by atoms with van der Waals surface area (Å²) >= 11 is 0. The highest BCUT2D eigenvalue weighted by atomic mass is 16.2. The van der Waals surface area contributed by atoms with Crippen LogP contribution in [-0.2, 0) is 11.2 Å². The van der Waals surface area contributed by atoms with E-state index in [4.69, 9.17) is 5.26 Å². The Kier molecular flexibility index (Phi) is 6.23. The highest BCUT2D eigenvalue weighted by molar-refractivity contribution is 5.78. The first kappa shape index (κ1) is 17.0. The van der Waals surface area contributed by atoms with Crippen LogP contribution in [0.4, 0.5) is 5.69 Å². The zero-order valence-electron chi connectivity index (χ0n) is 13.4. The van der Waals surface area contributed by atoms with Crippen molar-refractivity contribution in [3.8, 4) is 6.07 Å². The molecule has 0 unspecified atom stereocenters. The van der Waals surface area contributed by atoms with E-state index in [1.165, 1.54) is 0 Å². The molecule has 1 aromatic rings. The van der Waals surface area contributed by atoms with Crippen molar-refractivity contribution in [3.63, 3.8) is 0 Å². The lowest BCUT2D eigenvalue weighted by atomic mass is 9.88. The monoisotopic (exact) mass is 287 g/mol. The molecule has 0 atom stereocenters. The van der Waals surface area contributed by atoms with Gasteiger partial charge in [-0.3, -0.25) is 4.79 Å². The molecule has 4 nitrogen and oxygen atoms in total. The number of nitrogens with zero attached hydrogens (tertiary/aromatic N) is 2. The number of benzene rings is 1. The quantitative estimate of drug-likeness (QED) is 0.838. The molecule has 0 aliphatic rings. The molecule has 21 heavy (non-hydrogen) atoms. The average molecular weight is 287 g/mol. The van der Waals surface area contributed by atoms with E-state index < -0.39 is 0 Å². The molecule has 1 amide bonds. The highest BCUT2D eigenvalue weighted by Crippen LogP contribution is 2.23. The summed E-state index contributed by atoms with van der Waals surface area (Å²) in [6.45, 7) is 5.13. The van der Waals surface area contributed by atoms with Gasteiger partial charge < -0.3 is 10.2 Å². The average Bonchev–Trinajstić information content (AvgIpc) is 2.44. The third-order valence-corrected chi connectivity index (χ3v) is 3.49. The Bertz CT molecular complexity index is 498. The predicted octanol–water partition coefficient (Wildman–Crippen LogP) is 3.06. The molecule has 0 saturated heterocycles. The van der Waals surface area contributed by atoms with Crippen LogP contribution in [0, 0.1) is 16.7 Å². The molecule has 0 heterocycles. The van der Waals surface area contributed by atoms with Crippen LogP contribution in [0.3, 0.4) is 0 Å². The summed E-state index contributed by atoms with van der Waals surface area (Å²) < 4.78 is 0. The summed E-state index contributed by atoms with van der Waals surface area (Å²) in [6.07, 6.45) is 1.90. The molecule has 0 fully saturated rings. The number of hydrogen-bond acceptors (Lipinski definition) is 3. The maximum absolute atomic E-state index is 11.6. The van der Waals surface area contributed by atoms with Gasteiger partial charge in [-0.1, -0.05) is 26.0 Å². The van der Waals surface area contributed by atoms with Crippen LogP contribution in [0.1, 0.15) is 32.3 Å². The van der Waals surface area contributed by atoms with Crippen molar-refractivity contribution in [1.29, 1.82) is 5.26 Å². The van der Waals surface area contributed by atoms with E-state index in [0.29, 0.717) is 12.8 Å². The third kappa shape index (κ3) is 6.31. The molecule has 0 aliphatic heterocycles. The van der Waals surface area contributed by atoms with Gasteiger partial charge in [-0.15, -0.1) is 0 Å². The Hall–Kier alpha value is -2.02. The standard InChI is InChI=1S/C17H25N3O/c1-17(2,10-5-11-18)13-19-15-8-6-14(7-9-15)12-16(21)20(3)4/h6-9,19H,5,10,12-13H2,1-4H3. The van der Waals surface area contributed by atoms with Gasteiger partial charge in [-0.05, 0) is 29.5 Å². The van der Waals surface area contributed by atoms with Crippen LogP contribution in [0.5, 0.6) is 0 Å². The lowest BCUT2D eigenvalue weighted by Gasteiger charge is -2.24. The Balaban J connectivity index is 2.51. The maximum Gasteiger partial charge on any atom is 0.226 e. The van der Waals surface area contributed by atoms with Crippen LogP contribution in [0.25, 0.3) is 0 Å². The molecule has 1 N–H and O–H groups in total. The molecule has 0 spiro atoms. The number of carbonyl (C=O) groups is 1. The summed E-state index contributed by atoms with van der Waals surface area (Å²) in [5, 5.41) is 12.0. The normalized spacial score (nSPS) is 10.8. The zero-order valence-corrected chi connectivity index (χ0v) is 13.4. The van der Waals surface area contributed by atoms with Crippen LogP contribution in [0.2, 0.25) is 0 Å². The first-order chi connectivity index (χ1) is 9.84. The number of hydrogen-bond donors (Lipinski definition) is 1. The highest BCUT2D eigenvalue weighted by Gasteiger charge is 2.16. The third-order valence-electron chi connectivity index (χ3n) is 3.49. The number of amides is 1. The molecule has 0 aliphatic carbocycles. The Morgan fingerprint density at radius 2 is 1.90 bits per heavy atom. The molecule has 1 rings (SSSR count). The van der Waals surface area contributed by atoms with E-state index >= 15 is 0 Å². The van der Waals surface area contributed by atoms with Crippen molar-refractivity contribution >= 4 is 11.6 Å². The number of carbonyl (C=O) groups excluding carboxylic acids is 1. The molecule has 0 aromatic heterocycles. The van der Waals surface area contributed by atoms with E-state index in [9.17, 15) is 4.79 Å². The summed E-state index contributed by atoms with van der Waals surface area (Å²) in [7, 11) is 3.53. The second-order valence-corrected chi connectivity index (χ2v) is 6.34. The van der Waals surface area contributed by atoms with Crippen molar-refractivity contribution in [3.05, 3.63) is 29.8 Å². The molecule has 0 bridgehead atoms. The van der Waals surface area contributed by atoms with E-state index in [2.05, 4.69) is 25.2 Å². The van der Waals surface area contributed by atoms with Gasteiger partial charge in [0.15, 0.2) is 0 Å². The molecule has 114 valence electrons. The molecule has 0 radical (unpaired) electrons. The topological polar surface area (TPSA) is 56.1 Å². The minimum atomic E-state index is 0.0925. The summed E-state index contributed by atoms with van der Waals surface area (Å²) in [6, 6.07) is 10.1. The van der Waals surface area contributed by atoms with Crippen molar-refractivity contribution < 1.29 is 4.79 Å². The van der Waals surface area contributed by atoms with Crippen molar-refractivity contribution in [1.82, 2.24) is 4.90 Å². The minimum Gasteiger partial charge on any atom is -0.385 e. The van der Waals surface area contributed by atoms with E-state index in [-0.39, 0.29) is 11.3 Å². The summed E-state index contributed by atoms with van der Waals surface area (Å²) in [5.41, 5.74) is 2.15. The van der Waals surface area contributed by atoms with Gasteiger partial charge in [-0.25, -0.2) is 0 Å². The van der Waals surface area contributed by atoms with E-state index in [1.54, 1.807) is 19.0 Å². The summed E-state index contributed by atoms with van der Waals surface area (Å²) in [5.74, 6) is 0.105. The van der Waals surface area contributed by atoms with E-state index in [0.717, 1.165) is 24.2 Å². The smallest absolute Gasteiger partial charge is 0.226 e. The fraction of sp³-hybridized carbons (Fsp3) is 0.529. The van der Waals surface area contributed by atoms with Crippen LogP contribution >= 0.6 is 0 Å². The Morgan fingerprint density at radius 1 is 1.29 bits per heavy atom. The van der Waals surface area contributed by atoms with Crippen LogP contribution < -0.4 is 5.32 Å². The van der Waals surface area contributed by atoms with Gasteiger partial charge in [0.1, 0.15) is 0 Å². The summed E-state index contributed by atoms with van der Waals surface area (Å²) in [4.78, 5) is 13.2. The minimum absolute atomic E-state index is 0.0925. The molecule has 4 heteroatoms. The fourth-order valence-corrected chi connectivity index (χ4v) is 1.90. The van der Waals surface area contributed by atoms with Crippen LogP contribution in [-0.4, -0.2) is 31.4 Å². The first-order valence-electron chi connectivity index (χ1n) is 7.24. The van der Waals surface area contributed by atoms with Gasteiger partial charge in [0.25, 0.3) is 0 Å². The fourth-order valence-electron chi connectivity index (χ4n) is 1.90. The zero-order chi connectivity index (χ0) is 15.9. The van der Waals surface area contributed by atoms with Gasteiger partial charge >= 0.3 is 0 Å². The number of nitrogens with one attached hydrogen (secondary N) is 1. The molecule has 0 saturated carbocycles. The van der Waals surface area contributed by atoms with Crippen molar-refractivity contribution in [2.24, 2.45) is 5.41 Å². The second-order valence-electron chi connectivity index (χ2n) is 6.34. The maximum atomic E-state index is 11.6. The van der Waals surface area contributed by atoms with Gasteiger partial charge in [0, 0.05) is 32.7 Å². The Morgan fingerprint density at radius 3 is 2.43 bits per heavy atom. The van der Waals surface area contributed by atoms with Gasteiger partial charge in [-0.2, -0.15) is 5.26 Å². The number of rotatable bonds is 7. The SMILES string of the molecule is CN(C)C(=O)Cc1ccc(NCC(C)(C)CCC#N)cc1. The molecule has 1 aromatic carbocycles. The Labute approximate surface area is 127 Å². The van der Waals surface area contributed by atoms with Crippen molar-refractivity contribution in [2.45, 2.75) is 33.1 Å². The van der Waals surface area contributed by atoms with Gasteiger partial charge in [0.2, 0.25) is 5.91 Å². The largest absolute Gasteiger partial charge is 0.385 e. The molecular formula is C17H25N3O. The van der Waals surface area contributed by atoms with Crippen LogP contribution in [0.15, 0.2) is 24.3 Å². The number of nitriles is 1. The predicted molar refractivity (Wildman–Crippen MR) is 86.0 cm³/mol. The second kappa shape index (κ2) is 7.68. The van der Waals surface area contributed by atoms with Crippen molar-refractivity contribution in [2.75, 3.05) is 26.0 Å². The van der Waals surface area contributed by atoms with Gasteiger partial charge in [0.05, 0.1) is 12.5 Å². The lowest BCUT2D eigenvalue weighted by molar-refractivity contribution is -0.127. The molecular weight excluding hydrogens is 262 g/mol.